The molecule has 5 nitrogen and oxygen atoms in total. The van der Waals surface area contributed by atoms with Crippen LogP contribution in [0.3, 0.4) is 0 Å². The number of esters is 1. The lowest BCUT2D eigenvalue weighted by atomic mass is 9.89. The Hall–Kier alpha value is -2.73. The molecule has 2 heterocycles. The van der Waals surface area contributed by atoms with Gasteiger partial charge >= 0.3 is 5.97 Å². The lowest BCUT2D eigenvalue weighted by molar-refractivity contribution is -0.142. The number of benzene rings is 1. The van der Waals surface area contributed by atoms with Crippen LogP contribution >= 0.6 is 0 Å². The van der Waals surface area contributed by atoms with E-state index >= 15 is 0 Å². The van der Waals surface area contributed by atoms with E-state index in [-0.39, 0.29) is 11.5 Å². The van der Waals surface area contributed by atoms with E-state index in [9.17, 15) is 14.3 Å². The van der Waals surface area contributed by atoms with Crippen LogP contribution in [0.4, 0.5) is 4.39 Å². The number of methoxy groups -OCH3 is 1. The molecule has 0 saturated carbocycles. The first-order valence-electron chi connectivity index (χ1n) is 8.78. The fourth-order valence-corrected chi connectivity index (χ4v) is 3.59. The van der Waals surface area contributed by atoms with Gasteiger partial charge in [-0.15, -0.1) is 0 Å². The van der Waals surface area contributed by atoms with Crippen LogP contribution in [0, 0.1) is 12.7 Å². The Balaban J connectivity index is 2.23. The predicted molar refractivity (Wildman–Crippen MR) is 101 cm³/mol. The molecule has 3 rings (SSSR count). The number of ether oxygens (including phenoxy) is 1. The number of aliphatic hydroxyl groups excluding tert-OH is 1. The molecule has 0 fully saturated rings. The second kappa shape index (κ2) is 7.48. The Morgan fingerprint density at radius 3 is 2.74 bits per heavy atom. The number of hydrogen-bond donors (Lipinski definition) is 1. The van der Waals surface area contributed by atoms with Gasteiger partial charge < -0.3 is 14.4 Å². The highest BCUT2D eigenvalue weighted by Gasteiger charge is 2.29. The van der Waals surface area contributed by atoms with Crippen LogP contribution in [0.25, 0.3) is 10.9 Å². The summed E-state index contributed by atoms with van der Waals surface area (Å²) in [5.74, 6) is -1.39. The maximum Gasteiger partial charge on any atom is 0.313 e. The van der Waals surface area contributed by atoms with Gasteiger partial charge in [-0.1, -0.05) is 6.07 Å². The van der Waals surface area contributed by atoms with Gasteiger partial charge in [-0.2, -0.15) is 0 Å². The summed E-state index contributed by atoms with van der Waals surface area (Å²) in [5.41, 5.74) is 3.42. The fraction of sp³-hybridized carbons (Fsp3) is 0.333. The number of halogens is 1. The number of hydrogen-bond acceptors (Lipinski definition) is 4. The number of fused-ring (bicyclic) bond motifs is 1. The summed E-state index contributed by atoms with van der Waals surface area (Å²) in [7, 11) is 3.20. The van der Waals surface area contributed by atoms with E-state index in [1.807, 2.05) is 30.7 Å². The molecule has 0 aliphatic heterocycles. The van der Waals surface area contributed by atoms with Crippen molar-refractivity contribution >= 4 is 16.9 Å². The Bertz CT molecular complexity index is 980. The highest BCUT2D eigenvalue weighted by molar-refractivity contribution is 5.92. The largest absolute Gasteiger partial charge is 0.469 e. The normalized spacial score (nSPS) is 13.6. The molecule has 2 aromatic heterocycles. The van der Waals surface area contributed by atoms with Crippen molar-refractivity contribution in [1.82, 2.24) is 9.55 Å². The second-order valence-corrected chi connectivity index (χ2v) is 6.77. The van der Waals surface area contributed by atoms with Crippen molar-refractivity contribution in [3.8, 4) is 0 Å². The molecular weight excluding hydrogens is 347 g/mol. The van der Waals surface area contributed by atoms with E-state index in [2.05, 4.69) is 4.98 Å². The average molecular weight is 370 g/mol. The third-order valence-corrected chi connectivity index (χ3v) is 5.11. The predicted octanol–water partition coefficient (Wildman–Crippen LogP) is 3.57. The minimum atomic E-state index is -0.947. The molecule has 1 aromatic carbocycles. The topological polar surface area (TPSA) is 64.3 Å². The van der Waals surface area contributed by atoms with E-state index in [0.717, 1.165) is 22.2 Å². The van der Waals surface area contributed by atoms with Crippen molar-refractivity contribution in [2.45, 2.75) is 32.3 Å². The van der Waals surface area contributed by atoms with Gasteiger partial charge in [-0.3, -0.25) is 9.78 Å². The van der Waals surface area contributed by atoms with Gasteiger partial charge in [0, 0.05) is 36.1 Å². The highest BCUT2D eigenvalue weighted by Crippen LogP contribution is 2.36. The van der Waals surface area contributed by atoms with Crippen LogP contribution < -0.4 is 0 Å². The first kappa shape index (κ1) is 19.0. The zero-order valence-corrected chi connectivity index (χ0v) is 15.9. The number of aryl methyl sites for hydroxylation is 1. The van der Waals surface area contributed by atoms with Gasteiger partial charge in [0.25, 0.3) is 0 Å². The third kappa shape index (κ3) is 3.45. The number of carbonyl (C=O) groups is 1. The minimum Gasteiger partial charge on any atom is -0.469 e. The summed E-state index contributed by atoms with van der Waals surface area (Å²) >= 11 is 0. The highest BCUT2D eigenvalue weighted by atomic mass is 19.1. The lowest BCUT2D eigenvalue weighted by Crippen LogP contribution is -2.18. The minimum absolute atomic E-state index is 0.208. The fourth-order valence-electron chi connectivity index (χ4n) is 3.59. The summed E-state index contributed by atoms with van der Waals surface area (Å²) in [6.07, 6.45) is 2.87. The Morgan fingerprint density at radius 1 is 1.41 bits per heavy atom. The monoisotopic (exact) mass is 370 g/mol. The third-order valence-electron chi connectivity index (χ3n) is 5.11. The maximum absolute atomic E-state index is 14.4. The Kier molecular flexibility index (Phi) is 5.28. The van der Waals surface area contributed by atoms with E-state index in [1.54, 1.807) is 18.5 Å². The van der Waals surface area contributed by atoms with Crippen molar-refractivity contribution in [2.24, 2.45) is 7.05 Å². The molecule has 0 spiro atoms. The number of rotatable bonds is 5. The number of carbonyl (C=O) groups excluding carboxylic acids is 1. The number of pyridine rings is 1. The van der Waals surface area contributed by atoms with Crippen LogP contribution in [-0.2, 0) is 23.0 Å². The lowest BCUT2D eigenvalue weighted by Gasteiger charge is -2.16. The molecule has 0 saturated heterocycles. The summed E-state index contributed by atoms with van der Waals surface area (Å²) in [6, 6.07) is 6.77. The van der Waals surface area contributed by atoms with Crippen molar-refractivity contribution < 1.29 is 19.0 Å². The molecule has 0 aliphatic rings. The van der Waals surface area contributed by atoms with Gasteiger partial charge in [0.1, 0.15) is 5.82 Å². The molecule has 0 bridgehead atoms. The molecule has 0 radical (unpaired) electrons. The zero-order chi connectivity index (χ0) is 19.7. The van der Waals surface area contributed by atoms with E-state index in [1.165, 1.54) is 20.1 Å². The summed E-state index contributed by atoms with van der Waals surface area (Å²) in [4.78, 5) is 16.7. The molecule has 1 N–H and O–H groups in total. The zero-order valence-electron chi connectivity index (χ0n) is 15.9. The Morgan fingerprint density at radius 2 is 2.15 bits per heavy atom. The van der Waals surface area contributed by atoms with Gasteiger partial charge in [0.15, 0.2) is 0 Å². The average Bonchev–Trinajstić information content (AvgIpc) is 2.89. The van der Waals surface area contributed by atoms with Crippen molar-refractivity contribution in [2.75, 3.05) is 7.11 Å². The van der Waals surface area contributed by atoms with E-state index in [0.29, 0.717) is 11.9 Å². The summed E-state index contributed by atoms with van der Waals surface area (Å²) in [5, 5.41) is 10.7. The number of aliphatic hydroxyl groups is 1. The molecule has 3 aromatic rings. The Labute approximate surface area is 157 Å². The van der Waals surface area contributed by atoms with Crippen molar-refractivity contribution in [3.05, 3.63) is 64.9 Å². The standard InChI is InChI=1S/C21H23FN2O3/c1-12-20(17(21(26)27-4)8-14-6-5-7-23-11-14)16-9-15(13(2)25)18(22)10-19(16)24(12)3/h5-7,9-11,13,17,25H,8H2,1-4H3. The molecule has 0 aliphatic carbocycles. The molecule has 0 amide bonds. The first-order chi connectivity index (χ1) is 12.8. The first-order valence-corrected chi connectivity index (χ1v) is 8.78. The number of nitrogens with zero attached hydrogens (tertiary/aromatic N) is 2. The van der Waals surface area contributed by atoms with E-state index in [4.69, 9.17) is 4.74 Å². The van der Waals surface area contributed by atoms with Crippen LogP contribution in [0.15, 0.2) is 36.7 Å². The summed E-state index contributed by atoms with van der Waals surface area (Å²) < 4.78 is 21.3. The van der Waals surface area contributed by atoms with Gasteiger partial charge in [0.2, 0.25) is 0 Å². The quantitative estimate of drug-likeness (QED) is 0.698. The van der Waals surface area contributed by atoms with Crippen molar-refractivity contribution in [3.63, 3.8) is 0 Å². The van der Waals surface area contributed by atoms with Gasteiger partial charge in [-0.25, -0.2) is 4.39 Å². The molecule has 6 heteroatoms. The van der Waals surface area contributed by atoms with Crippen LogP contribution in [-0.4, -0.2) is 27.7 Å². The number of aromatic nitrogens is 2. The second-order valence-electron chi connectivity index (χ2n) is 6.77. The van der Waals surface area contributed by atoms with Crippen molar-refractivity contribution in [1.29, 1.82) is 0 Å². The molecule has 142 valence electrons. The maximum atomic E-state index is 14.4. The van der Waals surface area contributed by atoms with Gasteiger partial charge in [-0.05, 0) is 49.6 Å². The smallest absolute Gasteiger partial charge is 0.313 e. The van der Waals surface area contributed by atoms with Crippen LogP contribution in [0.1, 0.15) is 41.3 Å². The van der Waals surface area contributed by atoms with Gasteiger partial charge in [0.05, 0.1) is 24.6 Å². The van der Waals surface area contributed by atoms with E-state index < -0.39 is 17.8 Å². The SMILES string of the molecule is COC(=O)C(Cc1cccnc1)c1c(C)n(C)c2cc(F)c(C(C)O)cc12. The van der Waals surface area contributed by atoms with Crippen LogP contribution in [0.2, 0.25) is 0 Å². The summed E-state index contributed by atoms with van der Waals surface area (Å²) in [6.45, 7) is 3.42. The van der Waals surface area contributed by atoms with Crippen LogP contribution in [0.5, 0.6) is 0 Å². The molecular formula is C21H23FN2O3. The molecule has 2 atom stereocenters. The molecule has 2 unspecified atom stereocenters. The molecule has 27 heavy (non-hydrogen) atoms.